The van der Waals surface area contributed by atoms with Crippen molar-refractivity contribution in [2.75, 3.05) is 53.0 Å². The van der Waals surface area contributed by atoms with Crippen LogP contribution in [0.5, 0.6) is 11.5 Å². The summed E-state index contributed by atoms with van der Waals surface area (Å²) in [7, 11) is 0. The summed E-state index contributed by atoms with van der Waals surface area (Å²) in [5.41, 5.74) is 24.2. The molecule has 84 heavy (non-hydrogen) atoms. The van der Waals surface area contributed by atoms with Gasteiger partial charge in [0.15, 0.2) is 0 Å². The summed E-state index contributed by atoms with van der Waals surface area (Å²) in [4.78, 5) is 46.8. The Morgan fingerprint density at radius 1 is 0.381 bits per heavy atom. The topological polar surface area (TPSA) is 210 Å². The number of aryl methyl sites for hydroxylation is 3. The number of nitrogens with two attached hydrogens (primary N) is 3. The molecule has 0 heterocycles. The Balaban J connectivity index is 0.000000590. The van der Waals surface area contributed by atoms with E-state index in [2.05, 4.69) is 34.5 Å². The van der Waals surface area contributed by atoms with Gasteiger partial charge in [0.1, 0.15) is 11.5 Å². The second-order valence-corrected chi connectivity index (χ2v) is 20.2. The van der Waals surface area contributed by atoms with Crippen molar-refractivity contribution >= 4 is 57.8 Å². The van der Waals surface area contributed by atoms with Crippen molar-refractivity contribution in [3.8, 4) is 11.5 Å². The van der Waals surface area contributed by atoms with Gasteiger partial charge in [0, 0.05) is 34.1 Å². The first-order chi connectivity index (χ1) is 40.7. The molecule has 13 heteroatoms. The number of anilines is 6. The number of esters is 1. The highest BCUT2D eigenvalue weighted by atomic mass is 16.5. The third-order valence-electron chi connectivity index (χ3n) is 12.8. The second kappa shape index (κ2) is 49.8. The highest BCUT2D eigenvalue weighted by molar-refractivity contribution is 6.43. The smallest absolute Gasteiger partial charge is 0.397 e. The van der Waals surface area contributed by atoms with Crippen LogP contribution in [0.3, 0.4) is 0 Å². The summed E-state index contributed by atoms with van der Waals surface area (Å²) in [6, 6.07) is 46.4. The van der Waals surface area contributed by atoms with Crippen LogP contribution in [0.15, 0.2) is 152 Å². The molecule has 6 rings (SSSR count). The molecule has 0 spiro atoms. The van der Waals surface area contributed by atoms with Gasteiger partial charge in [-0.1, -0.05) is 209 Å². The van der Waals surface area contributed by atoms with Crippen LogP contribution in [0.4, 0.5) is 34.1 Å². The number of unbranched alkanes of at least 4 members (excludes halogenated alkanes) is 18. The standard InChI is InChI=1S/C26H36N2O3.C22H35NO4.3C7H9N.C2H6/c1-2-3-4-5-6-7-8-9-10-14-21-31-24-19-17-23(18-20-24)28-26(30)25(29)27-22-15-12-11-13-16-22;1-3-5-6-7-8-9-10-11-12-13-18-27-20-16-14-19(15-17-20)23-21(24)22(25)26-4-2;1-6-2-4-7(8)5-3-6;1-6-3-2-4-7(8)5-6;1-6-4-2-3-5-7(6)8;1-2/h11-13,15-20H,2-10,14,21H2,1H3,(H,27,29)(H,28,30);14-17H,3-13,18H2,1-2H3,(H,23,24);3*2-5H,8H2,1H3;1-2H3. The van der Waals surface area contributed by atoms with Crippen molar-refractivity contribution in [1.82, 2.24) is 0 Å². The van der Waals surface area contributed by atoms with Gasteiger partial charge in [-0.25, -0.2) is 4.79 Å². The average Bonchev–Trinajstić information content (AvgIpc) is 3.52. The number of nitrogen functional groups attached to an aromatic ring is 3. The molecule has 0 saturated carbocycles. The predicted molar refractivity (Wildman–Crippen MR) is 355 cm³/mol. The van der Waals surface area contributed by atoms with Crippen molar-refractivity contribution in [2.45, 2.75) is 184 Å². The summed E-state index contributed by atoms with van der Waals surface area (Å²) in [5.74, 6) is -1.52. The number of hydrogen-bond donors (Lipinski definition) is 6. The molecule has 3 amide bonds. The Hall–Kier alpha value is -7.80. The van der Waals surface area contributed by atoms with Crippen LogP contribution in [0.1, 0.15) is 180 Å². The van der Waals surface area contributed by atoms with Crippen molar-refractivity contribution in [3.05, 3.63) is 168 Å². The second-order valence-electron chi connectivity index (χ2n) is 20.2. The lowest BCUT2D eigenvalue weighted by atomic mass is 10.1. The van der Waals surface area contributed by atoms with Gasteiger partial charge < -0.3 is 47.4 Å². The molecule has 6 aromatic carbocycles. The number of amides is 3. The fourth-order valence-electron chi connectivity index (χ4n) is 7.93. The van der Waals surface area contributed by atoms with Crippen molar-refractivity contribution in [2.24, 2.45) is 0 Å². The van der Waals surface area contributed by atoms with E-state index in [4.69, 9.17) is 26.7 Å². The fraction of sp³-hybridized carbons (Fsp3) is 0.437. The first-order valence-electron chi connectivity index (χ1n) is 30.8. The van der Waals surface area contributed by atoms with E-state index in [1.807, 2.05) is 113 Å². The fourth-order valence-corrected chi connectivity index (χ4v) is 7.93. The summed E-state index contributed by atoms with van der Waals surface area (Å²) < 4.78 is 16.1. The molecule has 0 aromatic heterocycles. The van der Waals surface area contributed by atoms with Crippen LogP contribution in [0.2, 0.25) is 0 Å². The Kier molecular flexibility index (Phi) is 44.0. The number of carbonyl (C=O) groups excluding carboxylic acids is 4. The number of rotatable bonds is 28. The SMILES string of the molecule is CC.CCCCCCCCCCCCOc1ccc(NC(=O)C(=O)Nc2ccccc2)cc1.CCCCCCCCCCCCOc1ccc(NC(=O)C(=O)OCC)cc1.Cc1ccc(N)cc1.Cc1cccc(N)c1.Cc1ccccc1N. The van der Waals surface area contributed by atoms with Gasteiger partial charge in [0.25, 0.3) is 0 Å². The van der Waals surface area contributed by atoms with Gasteiger partial charge in [-0.3, -0.25) is 14.4 Å². The molecule has 0 radical (unpaired) electrons. The van der Waals surface area contributed by atoms with Gasteiger partial charge in [0.2, 0.25) is 0 Å². The largest absolute Gasteiger partial charge is 0.494 e. The van der Waals surface area contributed by atoms with Crippen molar-refractivity contribution in [1.29, 1.82) is 0 Å². The summed E-state index contributed by atoms with van der Waals surface area (Å²) in [5, 5.41) is 7.65. The molecule has 0 bridgehead atoms. The van der Waals surface area contributed by atoms with Crippen LogP contribution >= 0.6 is 0 Å². The maximum absolute atomic E-state index is 12.0. The molecule has 6 aromatic rings. The Morgan fingerprint density at radius 3 is 1.13 bits per heavy atom. The lowest BCUT2D eigenvalue weighted by Gasteiger charge is -2.09. The zero-order valence-electron chi connectivity index (χ0n) is 52.3. The maximum atomic E-state index is 12.0. The monoisotopic (exact) mass is 1150 g/mol. The van der Waals surface area contributed by atoms with Crippen LogP contribution in [0, 0.1) is 20.8 Å². The van der Waals surface area contributed by atoms with Crippen molar-refractivity contribution < 1.29 is 33.4 Å². The zero-order valence-corrected chi connectivity index (χ0v) is 52.3. The van der Waals surface area contributed by atoms with E-state index < -0.39 is 23.7 Å². The Bertz CT molecular complexity index is 2530. The molecule has 0 aliphatic rings. The molecule has 0 saturated heterocycles. The van der Waals surface area contributed by atoms with E-state index in [0.717, 1.165) is 47.0 Å². The highest BCUT2D eigenvalue weighted by Gasteiger charge is 2.15. The number of benzene rings is 6. The van der Waals surface area contributed by atoms with E-state index in [-0.39, 0.29) is 6.61 Å². The van der Waals surface area contributed by atoms with Crippen LogP contribution in [-0.2, 0) is 23.9 Å². The minimum Gasteiger partial charge on any atom is -0.494 e. The van der Waals surface area contributed by atoms with Crippen molar-refractivity contribution in [3.63, 3.8) is 0 Å². The quantitative estimate of drug-likeness (QED) is 0.0118. The van der Waals surface area contributed by atoms with Gasteiger partial charge in [-0.2, -0.15) is 0 Å². The molecule has 0 aliphatic heterocycles. The number of carbonyl (C=O) groups is 4. The highest BCUT2D eigenvalue weighted by Crippen LogP contribution is 2.19. The molecule has 0 fully saturated rings. The number of ether oxygens (including phenoxy) is 3. The van der Waals surface area contributed by atoms with E-state index >= 15 is 0 Å². The third-order valence-corrected chi connectivity index (χ3v) is 12.8. The van der Waals surface area contributed by atoms with Crippen LogP contribution in [-0.4, -0.2) is 43.5 Å². The number of para-hydroxylation sites is 2. The molecule has 13 nitrogen and oxygen atoms in total. The average molecular weight is 1150 g/mol. The first-order valence-corrected chi connectivity index (χ1v) is 30.8. The normalized spacial score (nSPS) is 9.90. The number of hydrogen-bond acceptors (Lipinski definition) is 10. The van der Waals surface area contributed by atoms with Gasteiger partial charge >= 0.3 is 23.7 Å². The summed E-state index contributed by atoms with van der Waals surface area (Å²) in [6.45, 7) is 17.8. The Morgan fingerprint density at radius 2 is 0.774 bits per heavy atom. The van der Waals surface area contributed by atoms with Gasteiger partial charge in [0.05, 0.1) is 19.8 Å². The lowest BCUT2D eigenvalue weighted by Crippen LogP contribution is -2.29. The molecule has 0 unspecified atom stereocenters. The van der Waals surface area contributed by atoms with E-state index in [1.54, 1.807) is 79.7 Å². The minimum atomic E-state index is -0.876. The molecular weight excluding hydrogens is 1050 g/mol. The van der Waals surface area contributed by atoms with Gasteiger partial charge in [-0.15, -0.1) is 0 Å². The van der Waals surface area contributed by atoms with Crippen LogP contribution in [0.25, 0.3) is 0 Å². The Labute approximate surface area is 505 Å². The zero-order chi connectivity index (χ0) is 61.8. The van der Waals surface area contributed by atoms with E-state index in [1.165, 1.54) is 127 Å². The number of nitrogens with one attached hydrogen (secondary N) is 3. The van der Waals surface area contributed by atoms with E-state index in [9.17, 15) is 19.2 Å². The molecule has 460 valence electrons. The minimum absolute atomic E-state index is 0.179. The molecular formula is C71H104N6O7. The third kappa shape index (κ3) is 39.6. The molecule has 9 N–H and O–H groups in total. The molecule has 0 atom stereocenters. The predicted octanol–water partition coefficient (Wildman–Crippen LogP) is 17.8. The molecule has 0 aliphatic carbocycles. The van der Waals surface area contributed by atoms with E-state index in [0.29, 0.717) is 30.3 Å². The lowest BCUT2D eigenvalue weighted by molar-refractivity contribution is -0.152. The first kappa shape index (κ1) is 74.2. The van der Waals surface area contributed by atoms with Crippen LogP contribution < -0.4 is 42.6 Å². The summed E-state index contributed by atoms with van der Waals surface area (Å²) >= 11 is 0. The van der Waals surface area contributed by atoms with Gasteiger partial charge in [-0.05, 0) is 143 Å². The summed E-state index contributed by atoms with van der Waals surface area (Å²) in [6.07, 6.45) is 26.0. The maximum Gasteiger partial charge on any atom is 0.397 e.